The topological polar surface area (TPSA) is 52.3 Å². The SMILES string of the molecule is COC(=O)C(C)(CN)C1CCCCCC1. The van der Waals surface area contributed by atoms with Gasteiger partial charge in [0.05, 0.1) is 12.5 Å². The van der Waals surface area contributed by atoms with E-state index in [4.69, 9.17) is 10.5 Å². The van der Waals surface area contributed by atoms with Crippen LogP contribution in [0.4, 0.5) is 0 Å². The summed E-state index contributed by atoms with van der Waals surface area (Å²) in [5, 5.41) is 0. The van der Waals surface area contributed by atoms with E-state index >= 15 is 0 Å². The second-order valence-corrected chi connectivity index (χ2v) is 4.80. The quantitative estimate of drug-likeness (QED) is 0.577. The molecule has 0 bridgehead atoms. The highest BCUT2D eigenvalue weighted by atomic mass is 16.5. The van der Waals surface area contributed by atoms with Crippen molar-refractivity contribution >= 4 is 5.97 Å². The number of esters is 1. The number of methoxy groups -OCH3 is 1. The number of hydrogen-bond acceptors (Lipinski definition) is 3. The Bertz CT molecular complexity index is 210. The molecule has 0 aromatic rings. The van der Waals surface area contributed by atoms with E-state index in [9.17, 15) is 4.79 Å². The van der Waals surface area contributed by atoms with Crippen molar-refractivity contribution in [3.63, 3.8) is 0 Å². The van der Waals surface area contributed by atoms with E-state index in [1.807, 2.05) is 6.92 Å². The lowest BCUT2D eigenvalue weighted by Gasteiger charge is -2.33. The molecule has 1 aliphatic carbocycles. The number of carbonyl (C=O) groups is 1. The molecule has 88 valence electrons. The van der Waals surface area contributed by atoms with E-state index in [2.05, 4.69) is 0 Å². The van der Waals surface area contributed by atoms with Crippen molar-refractivity contribution in [3.05, 3.63) is 0 Å². The Balaban J connectivity index is 2.73. The van der Waals surface area contributed by atoms with E-state index in [1.165, 1.54) is 32.8 Å². The molecule has 0 aromatic heterocycles. The van der Waals surface area contributed by atoms with Crippen molar-refractivity contribution in [1.82, 2.24) is 0 Å². The largest absolute Gasteiger partial charge is 0.469 e. The van der Waals surface area contributed by atoms with E-state index in [-0.39, 0.29) is 5.97 Å². The first-order valence-electron chi connectivity index (χ1n) is 5.93. The standard InChI is InChI=1S/C12H23NO2/c1-12(9-13,11(14)15-2)10-7-5-3-4-6-8-10/h10H,3-9,13H2,1-2H3. The van der Waals surface area contributed by atoms with Crippen LogP contribution in [0.25, 0.3) is 0 Å². The summed E-state index contributed by atoms with van der Waals surface area (Å²) in [7, 11) is 1.45. The molecule has 1 rings (SSSR count). The Labute approximate surface area is 92.4 Å². The highest BCUT2D eigenvalue weighted by molar-refractivity contribution is 5.77. The molecule has 0 radical (unpaired) electrons. The van der Waals surface area contributed by atoms with Gasteiger partial charge in [-0.1, -0.05) is 25.7 Å². The maximum atomic E-state index is 11.8. The van der Waals surface area contributed by atoms with Crippen LogP contribution in [0, 0.1) is 11.3 Å². The fourth-order valence-electron chi connectivity index (χ4n) is 2.57. The number of nitrogens with two attached hydrogens (primary N) is 1. The van der Waals surface area contributed by atoms with Crippen LogP contribution >= 0.6 is 0 Å². The summed E-state index contributed by atoms with van der Waals surface area (Å²) >= 11 is 0. The Morgan fingerprint density at radius 2 is 1.87 bits per heavy atom. The normalized spacial score (nSPS) is 22.9. The van der Waals surface area contributed by atoms with Crippen molar-refractivity contribution in [2.24, 2.45) is 17.1 Å². The Hall–Kier alpha value is -0.570. The molecule has 0 saturated heterocycles. The smallest absolute Gasteiger partial charge is 0.313 e. The van der Waals surface area contributed by atoms with Gasteiger partial charge in [-0.3, -0.25) is 4.79 Å². The van der Waals surface area contributed by atoms with Gasteiger partial charge in [-0.05, 0) is 25.7 Å². The first-order valence-corrected chi connectivity index (χ1v) is 5.93. The van der Waals surface area contributed by atoms with Crippen LogP contribution in [0.3, 0.4) is 0 Å². The zero-order chi connectivity index (χ0) is 11.3. The lowest BCUT2D eigenvalue weighted by molar-refractivity contribution is -0.154. The van der Waals surface area contributed by atoms with Crippen LogP contribution in [0.2, 0.25) is 0 Å². The second-order valence-electron chi connectivity index (χ2n) is 4.80. The number of rotatable bonds is 3. The summed E-state index contributed by atoms with van der Waals surface area (Å²) in [6, 6.07) is 0. The molecule has 0 heterocycles. The molecule has 0 aromatic carbocycles. The maximum absolute atomic E-state index is 11.8. The first-order chi connectivity index (χ1) is 7.15. The maximum Gasteiger partial charge on any atom is 0.313 e. The Kier molecular flexibility index (Phi) is 4.58. The van der Waals surface area contributed by atoms with Gasteiger partial charge in [-0.15, -0.1) is 0 Å². The summed E-state index contributed by atoms with van der Waals surface area (Å²) in [6.45, 7) is 2.35. The van der Waals surface area contributed by atoms with Gasteiger partial charge in [0.25, 0.3) is 0 Å². The zero-order valence-corrected chi connectivity index (χ0v) is 9.92. The van der Waals surface area contributed by atoms with Crippen LogP contribution in [0.5, 0.6) is 0 Å². The van der Waals surface area contributed by atoms with Gasteiger partial charge in [-0.2, -0.15) is 0 Å². The van der Waals surface area contributed by atoms with Gasteiger partial charge in [0.1, 0.15) is 0 Å². The summed E-state index contributed by atoms with van der Waals surface area (Å²) < 4.78 is 4.88. The van der Waals surface area contributed by atoms with Crippen LogP contribution in [0.15, 0.2) is 0 Å². The minimum atomic E-state index is -0.473. The predicted molar refractivity (Wildman–Crippen MR) is 60.4 cm³/mol. The third-order valence-corrected chi connectivity index (χ3v) is 3.83. The second kappa shape index (κ2) is 5.50. The molecule has 15 heavy (non-hydrogen) atoms. The Morgan fingerprint density at radius 1 is 1.33 bits per heavy atom. The van der Waals surface area contributed by atoms with E-state index < -0.39 is 5.41 Å². The molecule has 2 N–H and O–H groups in total. The summed E-state index contributed by atoms with van der Waals surface area (Å²) in [5.74, 6) is 0.259. The molecule has 0 aliphatic heterocycles. The Morgan fingerprint density at radius 3 is 2.27 bits per heavy atom. The van der Waals surface area contributed by atoms with Gasteiger partial charge in [-0.25, -0.2) is 0 Å². The lowest BCUT2D eigenvalue weighted by atomic mass is 9.73. The van der Waals surface area contributed by atoms with E-state index in [0.29, 0.717) is 12.5 Å². The molecule has 3 nitrogen and oxygen atoms in total. The number of ether oxygens (including phenoxy) is 1. The number of carbonyl (C=O) groups excluding carboxylic acids is 1. The fraction of sp³-hybridized carbons (Fsp3) is 0.917. The molecular weight excluding hydrogens is 190 g/mol. The minimum Gasteiger partial charge on any atom is -0.469 e. The minimum absolute atomic E-state index is 0.142. The average Bonchev–Trinajstić information content (AvgIpc) is 2.55. The van der Waals surface area contributed by atoms with Crippen molar-refractivity contribution < 1.29 is 9.53 Å². The van der Waals surface area contributed by atoms with Gasteiger partial charge < -0.3 is 10.5 Å². The molecule has 0 spiro atoms. The number of hydrogen-bond donors (Lipinski definition) is 1. The third kappa shape index (κ3) is 2.71. The van der Waals surface area contributed by atoms with Crippen LogP contribution in [-0.4, -0.2) is 19.6 Å². The van der Waals surface area contributed by atoms with Crippen LogP contribution in [-0.2, 0) is 9.53 Å². The third-order valence-electron chi connectivity index (χ3n) is 3.83. The van der Waals surface area contributed by atoms with Crippen LogP contribution in [0.1, 0.15) is 45.4 Å². The van der Waals surface area contributed by atoms with Gasteiger partial charge in [0, 0.05) is 6.54 Å². The van der Waals surface area contributed by atoms with Gasteiger partial charge >= 0.3 is 5.97 Å². The van der Waals surface area contributed by atoms with E-state index in [0.717, 1.165) is 12.8 Å². The highest BCUT2D eigenvalue weighted by Crippen LogP contribution is 2.37. The van der Waals surface area contributed by atoms with Crippen LogP contribution < -0.4 is 5.73 Å². The monoisotopic (exact) mass is 213 g/mol. The summed E-state index contributed by atoms with van der Waals surface area (Å²) in [6.07, 6.45) is 7.25. The highest BCUT2D eigenvalue weighted by Gasteiger charge is 2.40. The summed E-state index contributed by atoms with van der Waals surface area (Å²) in [5.41, 5.74) is 5.29. The molecule has 1 atom stereocenters. The van der Waals surface area contributed by atoms with Gasteiger partial charge in [0.15, 0.2) is 0 Å². The predicted octanol–water partition coefficient (Wildman–Crippen LogP) is 2.09. The van der Waals surface area contributed by atoms with Crippen molar-refractivity contribution in [2.75, 3.05) is 13.7 Å². The molecule has 3 heteroatoms. The van der Waals surface area contributed by atoms with Crippen molar-refractivity contribution in [2.45, 2.75) is 45.4 Å². The molecule has 1 saturated carbocycles. The first kappa shape index (κ1) is 12.5. The van der Waals surface area contributed by atoms with Crippen molar-refractivity contribution in [1.29, 1.82) is 0 Å². The van der Waals surface area contributed by atoms with E-state index in [1.54, 1.807) is 0 Å². The molecule has 1 fully saturated rings. The van der Waals surface area contributed by atoms with Gasteiger partial charge in [0.2, 0.25) is 0 Å². The van der Waals surface area contributed by atoms with Crippen molar-refractivity contribution in [3.8, 4) is 0 Å². The molecular formula is C12H23NO2. The average molecular weight is 213 g/mol. The zero-order valence-electron chi connectivity index (χ0n) is 9.92. The fourth-order valence-corrected chi connectivity index (χ4v) is 2.57. The summed E-state index contributed by atoms with van der Waals surface area (Å²) in [4.78, 5) is 11.8. The molecule has 0 amide bonds. The lowest BCUT2D eigenvalue weighted by Crippen LogP contribution is -2.43. The molecule has 1 unspecified atom stereocenters. The molecule has 1 aliphatic rings.